The van der Waals surface area contributed by atoms with E-state index in [0.29, 0.717) is 5.54 Å². The third kappa shape index (κ3) is 5.41. The molecule has 0 saturated heterocycles. The quantitative estimate of drug-likeness (QED) is 0.352. The van der Waals surface area contributed by atoms with E-state index in [0.717, 1.165) is 23.7 Å². The molecule has 191 valence electrons. The Balaban J connectivity index is 0.000000186. The number of hydrogen-bond acceptors (Lipinski definition) is 1. The molecule has 4 saturated carbocycles. The molecule has 7 rings (SSSR count). The summed E-state index contributed by atoms with van der Waals surface area (Å²) in [5.74, 6) is 3.35. The average Bonchev–Trinajstić information content (AvgIpc) is 3.05. The molecule has 36 heavy (non-hydrogen) atoms. The second-order valence-corrected chi connectivity index (χ2v) is 30.9. The molecule has 0 aliphatic heterocycles. The van der Waals surface area contributed by atoms with Crippen molar-refractivity contribution < 1.29 is 21.2 Å². The summed E-state index contributed by atoms with van der Waals surface area (Å²) in [6.07, 6.45) is 9.27. The summed E-state index contributed by atoms with van der Waals surface area (Å²) in [4.78, 5) is 0. The van der Waals surface area contributed by atoms with Crippen LogP contribution in [0.15, 0.2) is 80.7 Å². The maximum absolute atomic E-state index is 4.58. The molecule has 0 aromatic heterocycles. The van der Waals surface area contributed by atoms with E-state index in [1.54, 1.807) is 36.0 Å². The molecule has 2 aromatic rings. The first-order chi connectivity index (χ1) is 17.3. The predicted molar refractivity (Wildman–Crippen MR) is 155 cm³/mol. The van der Waals surface area contributed by atoms with Crippen LogP contribution in [-0.2, 0) is 21.2 Å². The van der Waals surface area contributed by atoms with Crippen molar-refractivity contribution in [2.75, 3.05) is 0 Å². The maximum atomic E-state index is 4.58. The Morgan fingerprint density at radius 2 is 1.17 bits per heavy atom. The van der Waals surface area contributed by atoms with Gasteiger partial charge < -0.3 is 0 Å². The van der Waals surface area contributed by atoms with Gasteiger partial charge in [-0.25, -0.2) is 0 Å². The SMILES string of the molecule is CC1=C(C)C(C)[C]([Zr]([NH]C23CC4CC(CC(C4)C2)C3)[SiH](C)C)=C1C.c1ccc(-c2ccccc2)cc1. The molecule has 3 heteroatoms. The van der Waals surface area contributed by atoms with Crippen molar-refractivity contribution in [2.45, 2.75) is 84.9 Å². The first-order valence-electron chi connectivity index (χ1n) is 14.4. The van der Waals surface area contributed by atoms with Crippen molar-refractivity contribution in [3.8, 4) is 11.1 Å². The first-order valence-corrected chi connectivity index (χ1v) is 24.0. The first kappa shape index (κ1) is 26.6. The van der Waals surface area contributed by atoms with Gasteiger partial charge in [-0.3, -0.25) is 0 Å². The molecule has 0 spiro atoms. The van der Waals surface area contributed by atoms with E-state index in [4.69, 9.17) is 0 Å². The van der Waals surface area contributed by atoms with Gasteiger partial charge in [-0.05, 0) is 11.1 Å². The molecule has 5 aliphatic rings. The van der Waals surface area contributed by atoms with Crippen molar-refractivity contribution in [1.29, 1.82) is 0 Å². The molecular formula is C33H46NSiZr. The monoisotopic (exact) mass is 574 g/mol. The largest absolute Gasteiger partial charge is 0.0622 e. The van der Waals surface area contributed by atoms with Crippen molar-refractivity contribution in [3.05, 3.63) is 80.7 Å². The topological polar surface area (TPSA) is 12.0 Å². The molecular weight excluding hydrogens is 530 g/mol. The fourth-order valence-electron chi connectivity index (χ4n) is 8.13. The van der Waals surface area contributed by atoms with Gasteiger partial charge in [0.15, 0.2) is 0 Å². The van der Waals surface area contributed by atoms with E-state index in [1.807, 2.05) is 15.4 Å². The Labute approximate surface area is 229 Å². The van der Waals surface area contributed by atoms with E-state index in [9.17, 15) is 0 Å². The summed E-state index contributed by atoms with van der Waals surface area (Å²) in [7, 11) is 0. The Morgan fingerprint density at radius 3 is 1.53 bits per heavy atom. The molecule has 1 atom stereocenters. The van der Waals surface area contributed by atoms with Crippen LogP contribution < -0.4 is 3.26 Å². The summed E-state index contributed by atoms with van der Waals surface area (Å²) in [6, 6.07) is 20.8. The van der Waals surface area contributed by atoms with Crippen LogP contribution in [0.4, 0.5) is 0 Å². The molecule has 0 radical (unpaired) electrons. The van der Waals surface area contributed by atoms with Crippen LogP contribution in [0.2, 0.25) is 13.1 Å². The zero-order valence-electron chi connectivity index (χ0n) is 23.4. The van der Waals surface area contributed by atoms with E-state index >= 15 is 0 Å². The third-order valence-electron chi connectivity index (χ3n) is 9.83. The van der Waals surface area contributed by atoms with Gasteiger partial charge in [0, 0.05) is 0 Å². The average molecular weight is 576 g/mol. The second kappa shape index (κ2) is 11.0. The number of allylic oxidation sites excluding steroid dienone is 4. The van der Waals surface area contributed by atoms with Crippen molar-refractivity contribution in [1.82, 2.24) is 3.26 Å². The molecule has 4 fully saturated rings. The molecule has 2 aromatic carbocycles. The van der Waals surface area contributed by atoms with Crippen molar-refractivity contribution >= 4 is 5.92 Å². The molecule has 0 amide bonds. The molecule has 4 bridgehead atoms. The minimum Gasteiger partial charge on any atom is -0.0622 e. The molecule has 1 N–H and O–H groups in total. The van der Waals surface area contributed by atoms with Gasteiger partial charge in [-0.15, -0.1) is 0 Å². The van der Waals surface area contributed by atoms with Gasteiger partial charge in [-0.2, -0.15) is 0 Å². The van der Waals surface area contributed by atoms with E-state index in [2.05, 4.69) is 92.6 Å². The minimum atomic E-state index is -1.68. The number of nitrogens with one attached hydrogen (secondary N) is 1. The second-order valence-electron chi connectivity index (χ2n) is 12.7. The summed E-state index contributed by atoms with van der Waals surface area (Å²) in [5, 5.41) is 0. The minimum absolute atomic E-state index is 0.582. The zero-order valence-corrected chi connectivity index (χ0v) is 27.0. The summed E-state index contributed by atoms with van der Waals surface area (Å²) in [5.41, 5.74) is 8.13. The Hall–Kier alpha value is -1.02. The summed E-state index contributed by atoms with van der Waals surface area (Å²) < 4.78 is 6.54. The molecule has 5 aliphatic carbocycles. The zero-order chi connectivity index (χ0) is 25.4. The smallest absolute Gasteiger partial charge is 0.0184 e. The fraction of sp³-hybridized carbons (Fsp3) is 0.515. The number of rotatable bonds is 5. The number of benzene rings is 2. The van der Waals surface area contributed by atoms with Crippen LogP contribution >= 0.6 is 0 Å². The molecule has 1 nitrogen and oxygen atoms in total. The molecule has 1 unspecified atom stereocenters. The standard InChI is InChI=1S/C12H10.C10H16N.C9H13.C2H7Si.Zr/c1-3-7-11(8-4-1)12-9-5-2-6-10-12;11-10-4-7-1-8(5-10)3-9(2-7)6-10;1-6-5-7(2)9(4)8(6)3;1-3-2;/h1-10H;7-9,11H,1-6H2;6H,1-4H3;3H,1-2H3;/q;-1;;;+1. The van der Waals surface area contributed by atoms with Gasteiger partial charge in [0.05, 0.1) is 0 Å². The van der Waals surface area contributed by atoms with Gasteiger partial charge in [0.2, 0.25) is 0 Å². The Kier molecular flexibility index (Phi) is 8.12. The van der Waals surface area contributed by atoms with Gasteiger partial charge in [0.1, 0.15) is 0 Å². The van der Waals surface area contributed by atoms with Gasteiger partial charge >= 0.3 is 159 Å². The molecule has 0 heterocycles. The summed E-state index contributed by atoms with van der Waals surface area (Å²) in [6.45, 7) is 15.0. The van der Waals surface area contributed by atoms with Gasteiger partial charge in [-0.1, -0.05) is 60.7 Å². The van der Waals surface area contributed by atoms with Crippen LogP contribution in [0.5, 0.6) is 0 Å². The van der Waals surface area contributed by atoms with Crippen LogP contribution in [0.25, 0.3) is 11.1 Å². The Bertz CT molecular complexity index is 1040. The van der Waals surface area contributed by atoms with E-state index < -0.39 is 27.1 Å². The third-order valence-corrected chi connectivity index (χ3v) is 27.6. The van der Waals surface area contributed by atoms with E-state index in [1.165, 1.54) is 30.4 Å². The normalized spacial score (nSPS) is 30.6. The summed E-state index contributed by atoms with van der Waals surface area (Å²) >= 11 is -1.68. The van der Waals surface area contributed by atoms with Crippen LogP contribution in [-0.4, -0.2) is 11.5 Å². The van der Waals surface area contributed by atoms with E-state index in [-0.39, 0.29) is 0 Å². The fourth-order valence-corrected chi connectivity index (χ4v) is 26.0. The van der Waals surface area contributed by atoms with Gasteiger partial charge in [0.25, 0.3) is 0 Å². The van der Waals surface area contributed by atoms with Crippen LogP contribution in [0.1, 0.15) is 66.2 Å². The maximum Gasteiger partial charge on any atom is -0.0184 e. The van der Waals surface area contributed by atoms with Crippen molar-refractivity contribution in [3.63, 3.8) is 0 Å². The van der Waals surface area contributed by atoms with Crippen LogP contribution in [0.3, 0.4) is 0 Å². The predicted octanol–water partition coefficient (Wildman–Crippen LogP) is 8.68. The van der Waals surface area contributed by atoms with Crippen molar-refractivity contribution in [2.24, 2.45) is 23.7 Å². The van der Waals surface area contributed by atoms with Crippen LogP contribution in [0, 0.1) is 23.7 Å². The number of hydrogen-bond donors (Lipinski definition) is 1. The Morgan fingerprint density at radius 1 is 0.722 bits per heavy atom.